The monoisotopic (exact) mass is 340 g/mol. The molecule has 0 bridgehead atoms. The molecule has 0 spiro atoms. The van der Waals surface area contributed by atoms with Crippen LogP contribution in [0.3, 0.4) is 0 Å². The summed E-state index contributed by atoms with van der Waals surface area (Å²) in [4.78, 5) is 13.5. The summed E-state index contributed by atoms with van der Waals surface area (Å²) in [6, 6.07) is 12.1. The summed E-state index contributed by atoms with van der Waals surface area (Å²) >= 11 is 1.55. The van der Waals surface area contributed by atoms with E-state index in [4.69, 9.17) is 9.47 Å². The molecule has 0 saturated carbocycles. The van der Waals surface area contributed by atoms with Crippen LogP contribution in [-0.4, -0.2) is 24.7 Å². The molecule has 1 aliphatic carbocycles. The van der Waals surface area contributed by atoms with E-state index in [1.165, 1.54) is 17.5 Å². The number of aryl methyl sites for hydroxylation is 2. The highest BCUT2D eigenvalue weighted by Gasteiger charge is 2.15. The van der Waals surface area contributed by atoms with E-state index in [1.807, 2.05) is 24.3 Å². The number of benzene rings is 2. The topological polar surface area (TPSA) is 35.5 Å². The van der Waals surface area contributed by atoms with E-state index in [-0.39, 0.29) is 5.78 Å². The number of thioether (sulfide) groups is 1. The van der Waals surface area contributed by atoms with Gasteiger partial charge in [-0.1, -0.05) is 12.1 Å². The van der Waals surface area contributed by atoms with E-state index in [2.05, 4.69) is 12.1 Å². The van der Waals surface area contributed by atoms with Crippen molar-refractivity contribution in [1.29, 1.82) is 0 Å². The van der Waals surface area contributed by atoms with Crippen LogP contribution >= 0.6 is 11.8 Å². The molecule has 0 fully saturated rings. The number of ether oxygens (including phenoxy) is 2. The second-order valence-corrected chi connectivity index (χ2v) is 7.26. The predicted octanol–water partition coefficient (Wildman–Crippen LogP) is 4.31. The van der Waals surface area contributed by atoms with Crippen LogP contribution < -0.4 is 9.47 Å². The lowest BCUT2D eigenvalue weighted by atomic mass is 10.0. The first-order chi connectivity index (χ1) is 11.8. The summed E-state index contributed by atoms with van der Waals surface area (Å²) in [7, 11) is 0. The first-order valence-electron chi connectivity index (χ1n) is 8.47. The SMILES string of the molecule is O=C(CSc1ccc2c(c1)OCCCO2)c1ccc2c(c1)CCC2. The van der Waals surface area contributed by atoms with E-state index in [1.54, 1.807) is 11.8 Å². The van der Waals surface area contributed by atoms with Crippen molar-refractivity contribution in [2.75, 3.05) is 19.0 Å². The predicted molar refractivity (Wildman–Crippen MR) is 95.6 cm³/mol. The van der Waals surface area contributed by atoms with Gasteiger partial charge in [-0.3, -0.25) is 4.79 Å². The Hall–Kier alpha value is -1.94. The molecule has 3 nitrogen and oxygen atoms in total. The van der Waals surface area contributed by atoms with Crippen LogP contribution in [0.1, 0.15) is 34.3 Å². The van der Waals surface area contributed by atoms with E-state index < -0.39 is 0 Å². The van der Waals surface area contributed by atoms with Crippen molar-refractivity contribution in [2.24, 2.45) is 0 Å². The Bertz CT molecular complexity index is 769. The van der Waals surface area contributed by atoms with Gasteiger partial charge in [0.2, 0.25) is 0 Å². The van der Waals surface area contributed by atoms with Gasteiger partial charge in [-0.25, -0.2) is 0 Å². The maximum absolute atomic E-state index is 12.5. The zero-order valence-corrected chi connectivity index (χ0v) is 14.4. The molecule has 0 amide bonds. The fourth-order valence-electron chi connectivity index (χ4n) is 3.21. The highest BCUT2D eigenvalue weighted by molar-refractivity contribution is 8.00. The molecular weight excluding hydrogens is 320 g/mol. The number of hydrogen-bond donors (Lipinski definition) is 0. The van der Waals surface area contributed by atoms with Crippen molar-refractivity contribution in [2.45, 2.75) is 30.6 Å². The number of ketones is 1. The molecule has 2 aromatic rings. The summed E-state index contributed by atoms with van der Waals surface area (Å²) in [5.74, 6) is 2.20. The molecule has 0 aromatic heterocycles. The highest BCUT2D eigenvalue weighted by atomic mass is 32.2. The van der Waals surface area contributed by atoms with Gasteiger partial charge in [0.25, 0.3) is 0 Å². The average Bonchev–Trinajstić information content (AvgIpc) is 2.96. The van der Waals surface area contributed by atoms with Crippen molar-refractivity contribution >= 4 is 17.5 Å². The lowest BCUT2D eigenvalue weighted by molar-refractivity contribution is 0.102. The summed E-state index contributed by atoms with van der Waals surface area (Å²) in [5.41, 5.74) is 3.58. The van der Waals surface area contributed by atoms with Crippen LogP contribution in [0, 0.1) is 0 Å². The second-order valence-electron chi connectivity index (χ2n) is 6.21. The molecule has 24 heavy (non-hydrogen) atoms. The van der Waals surface area contributed by atoms with E-state index in [0.717, 1.165) is 41.2 Å². The largest absolute Gasteiger partial charge is 0.490 e. The maximum atomic E-state index is 12.5. The van der Waals surface area contributed by atoms with Crippen molar-refractivity contribution in [3.05, 3.63) is 53.1 Å². The minimum atomic E-state index is 0.182. The minimum Gasteiger partial charge on any atom is -0.490 e. The molecule has 4 heteroatoms. The minimum absolute atomic E-state index is 0.182. The second kappa shape index (κ2) is 6.89. The van der Waals surface area contributed by atoms with Gasteiger partial charge < -0.3 is 9.47 Å². The van der Waals surface area contributed by atoms with Gasteiger partial charge in [-0.15, -0.1) is 11.8 Å². The van der Waals surface area contributed by atoms with Crippen LogP contribution in [-0.2, 0) is 12.8 Å². The number of hydrogen-bond acceptors (Lipinski definition) is 4. The third-order valence-electron chi connectivity index (χ3n) is 4.51. The number of rotatable bonds is 4. The van der Waals surface area contributed by atoms with Crippen molar-refractivity contribution in [3.8, 4) is 11.5 Å². The fraction of sp³-hybridized carbons (Fsp3) is 0.350. The number of carbonyl (C=O) groups excluding carboxylic acids is 1. The normalized spacial score (nSPS) is 15.7. The van der Waals surface area contributed by atoms with E-state index >= 15 is 0 Å². The average molecular weight is 340 g/mol. The van der Waals surface area contributed by atoms with Gasteiger partial charge in [-0.05, 0) is 54.7 Å². The van der Waals surface area contributed by atoms with E-state index in [0.29, 0.717) is 19.0 Å². The van der Waals surface area contributed by atoms with Crippen molar-refractivity contribution in [3.63, 3.8) is 0 Å². The van der Waals surface area contributed by atoms with E-state index in [9.17, 15) is 4.79 Å². The molecular formula is C20H20O3S. The molecule has 124 valence electrons. The molecule has 1 heterocycles. The summed E-state index contributed by atoms with van der Waals surface area (Å²) < 4.78 is 11.3. The molecule has 1 aliphatic heterocycles. The summed E-state index contributed by atoms with van der Waals surface area (Å²) in [6.07, 6.45) is 4.36. The van der Waals surface area contributed by atoms with Gasteiger partial charge in [-0.2, -0.15) is 0 Å². The van der Waals surface area contributed by atoms with Gasteiger partial charge in [0.05, 0.1) is 19.0 Å². The zero-order chi connectivity index (χ0) is 16.4. The fourth-order valence-corrected chi connectivity index (χ4v) is 4.03. The summed E-state index contributed by atoms with van der Waals surface area (Å²) in [5, 5.41) is 0. The van der Waals surface area contributed by atoms with Gasteiger partial charge in [0.1, 0.15) is 0 Å². The molecule has 2 aromatic carbocycles. The molecule has 4 rings (SSSR count). The third-order valence-corrected chi connectivity index (χ3v) is 5.50. The quantitative estimate of drug-likeness (QED) is 0.614. The lowest BCUT2D eigenvalue weighted by Crippen LogP contribution is -2.03. The highest BCUT2D eigenvalue weighted by Crippen LogP contribution is 2.34. The van der Waals surface area contributed by atoms with Crippen LogP contribution in [0.2, 0.25) is 0 Å². The third kappa shape index (κ3) is 3.29. The van der Waals surface area contributed by atoms with Crippen molar-refractivity contribution in [1.82, 2.24) is 0 Å². The Balaban J connectivity index is 1.43. The van der Waals surface area contributed by atoms with Crippen LogP contribution in [0.25, 0.3) is 0 Å². The van der Waals surface area contributed by atoms with Crippen LogP contribution in [0.15, 0.2) is 41.3 Å². The van der Waals surface area contributed by atoms with Gasteiger partial charge in [0.15, 0.2) is 17.3 Å². The Morgan fingerprint density at radius 2 is 1.75 bits per heavy atom. The first kappa shape index (κ1) is 15.6. The first-order valence-corrected chi connectivity index (χ1v) is 9.45. The number of fused-ring (bicyclic) bond motifs is 2. The van der Waals surface area contributed by atoms with Gasteiger partial charge >= 0.3 is 0 Å². The van der Waals surface area contributed by atoms with Crippen molar-refractivity contribution < 1.29 is 14.3 Å². The molecule has 0 N–H and O–H groups in total. The molecule has 0 atom stereocenters. The number of Topliss-reactive ketones (excluding diaryl/α,β-unsaturated/α-hetero) is 1. The van der Waals surface area contributed by atoms with Crippen LogP contribution in [0.5, 0.6) is 11.5 Å². The summed E-state index contributed by atoms with van der Waals surface area (Å²) in [6.45, 7) is 1.37. The van der Waals surface area contributed by atoms with Crippen LogP contribution in [0.4, 0.5) is 0 Å². The number of carbonyl (C=O) groups is 1. The molecule has 0 unspecified atom stereocenters. The molecule has 2 aliphatic rings. The molecule has 0 radical (unpaired) electrons. The Morgan fingerprint density at radius 3 is 2.67 bits per heavy atom. The Labute approximate surface area is 146 Å². The molecule has 0 saturated heterocycles. The van der Waals surface area contributed by atoms with Gasteiger partial charge in [0, 0.05) is 16.9 Å². The lowest BCUT2D eigenvalue weighted by Gasteiger charge is -2.09. The Morgan fingerprint density at radius 1 is 0.917 bits per heavy atom. The Kier molecular flexibility index (Phi) is 4.48. The standard InChI is InChI=1S/C20H20O3S/c21-18(16-6-5-14-3-1-4-15(14)11-16)13-24-17-7-8-19-20(12-17)23-10-2-9-22-19/h5-8,11-12H,1-4,9-10,13H2. The smallest absolute Gasteiger partial charge is 0.173 e. The zero-order valence-electron chi connectivity index (χ0n) is 13.5. The maximum Gasteiger partial charge on any atom is 0.173 e.